The maximum absolute atomic E-state index is 12.0. The van der Waals surface area contributed by atoms with Crippen LogP contribution in [-0.2, 0) is 25.5 Å². The third-order valence-corrected chi connectivity index (χ3v) is 4.02. The number of aromatic amines is 1. The Balaban J connectivity index is 2.64. The Morgan fingerprint density at radius 1 is 1.17 bits per heavy atom. The number of nitrogens with zero attached hydrogens (tertiary/aromatic N) is 2. The first-order chi connectivity index (χ1) is 11.1. The lowest BCUT2D eigenvalue weighted by Gasteiger charge is -2.12. The molecule has 1 rings (SSSR count). The smallest absolute Gasteiger partial charge is 0.320 e. The Hall–Kier alpha value is -1.57. The second kappa shape index (κ2) is 11.0. The van der Waals surface area contributed by atoms with Crippen LogP contribution in [0.5, 0.6) is 0 Å². The maximum Gasteiger partial charge on any atom is 0.320 e. The van der Waals surface area contributed by atoms with Gasteiger partial charge in [0.15, 0.2) is 0 Å². The minimum atomic E-state index is -0.701. The van der Waals surface area contributed by atoms with Gasteiger partial charge in [-0.25, -0.2) is 4.98 Å². The monoisotopic (exact) mass is 343 g/mol. The Labute approximate surface area is 140 Å². The molecule has 1 heterocycles. The second-order valence-corrected chi connectivity index (χ2v) is 6.06. The highest BCUT2D eigenvalue weighted by molar-refractivity contribution is 8.00. The summed E-state index contributed by atoms with van der Waals surface area (Å²) in [5, 5.41) is 6.71. The Morgan fingerprint density at radius 3 is 2.57 bits per heavy atom. The van der Waals surface area contributed by atoms with Crippen LogP contribution in [0.1, 0.15) is 52.3 Å². The third kappa shape index (κ3) is 7.49. The van der Waals surface area contributed by atoms with Gasteiger partial charge in [-0.2, -0.15) is 0 Å². The van der Waals surface area contributed by atoms with Gasteiger partial charge in [0.25, 0.3) is 0 Å². The van der Waals surface area contributed by atoms with Crippen LogP contribution in [0.15, 0.2) is 5.16 Å². The number of unbranched alkanes of at least 4 members (excludes halogenated alkanes) is 2. The summed E-state index contributed by atoms with van der Waals surface area (Å²) in [6, 6.07) is 0. The fraction of sp³-hybridized carbons (Fsp3) is 0.733. The molecule has 0 amide bonds. The number of aromatic nitrogens is 3. The summed E-state index contributed by atoms with van der Waals surface area (Å²) in [6.45, 7) is 6.13. The highest BCUT2D eigenvalue weighted by atomic mass is 32.2. The lowest BCUT2D eigenvalue weighted by atomic mass is 10.2. The molecule has 23 heavy (non-hydrogen) atoms. The van der Waals surface area contributed by atoms with E-state index in [2.05, 4.69) is 22.1 Å². The molecule has 1 atom stereocenters. The van der Waals surface area contributed by atoms with Crippen molar-refractivity contribution >= 4 is 23.7 Å². The Morgan fingerprint density at radius 2 is 1.91 bits per heavy atom. The minimum Gasteiger partial charge on any atom is -0.466 e. The SMILES string of the molecule is CCCCCc1nc(SC(CC(=O)OCC)C(=O)OCC)n[nH]1. The summed E-state index contributed by atoms with van der Waals surface area (Å²) in [6.07, 6.45) is 4.08. The van der Waals surface area contributed by atoms with Crippen LogP contribution >= 0.6 is 11.8 Å². The maximum atomic E-state index is 12.0. The topological polar surface area (TPSA) is 94.2 Å². The standard InChI is InChI=1S/C15H25N3O4S/c1-4-7-8-9-12-16-15(18-17-12)23-11(14(20)22-6-3)10-13(19)21-5-2/h11H,4-10H2,1-3H3,(H,16,17,18). The molecule has 0 bridgehead atoms. The summed E-state index contributed by atoms with van der Waals surface area (Å²) in [4.78, 5) is 28.0. The number of hydrogen-bond acceptors (Lipinski definition) is 7. The summed E-state index contributed by atoms with van der Waals surface area (Å²) < 4.78 is 9.91. The van der Waals surface area contributed by atoms with E-state index >= 15 is 0 Å². The van der Waals surface area contributed by atoms with Gasteiger partial charge in [0.1, 0.15) is 11.1 Å². The molecule has 0 radical (unpaired) electrons. The van der Waals surface area contributed by atoms with Crippen LogP contribution in [0.3, 0.4) is 0 Å². The summed E-state index contributed by atoms with van der Waals surface area (Å²) in [7, 11) is 0. The summed E-state index contributed by atoms with van der Waals surface area (Å²) in [5.41, 5.74) is 0. The first-order valence-electron chi connectivity index (χ1n) is 8.00. The normalized spacial score (nSPS) is 12.0. The van der Waals surface area contributed by atoms with Gasteiger partial charge in [0, 0.05) is 6.42 Å². The zero-order valence-corrected chi connectivity index (χ0v) is 14.8. The number of thioether (sulfide) groups is 1. The molecule has 0 fully saturated rings. The van der Waals surface area contributed by atoms with E-state index in [-0.39, 0.29) is 19.6 Å². The van der Waals surface area contributed by atoms with Gasteiger partial charge in [0.2, 0.25) is 5.16 Å². The van der Waals surface area contributed by atoms with Crippen LogP contribution in [-0.4, -0.2) is 45.6 Å². The zero-order chi connectivity index (χ0) is 17.1. The van der Waals surface area contributed by atoms with E-state index in [1.54, 1.807) is 13.8 Å². The van der Waals surface area contributed by atoms with Gasteiger partial charge in [-0.1, -0.05) is 31.5 Å². The van der Waals surface area contributed by atoms with Crippen molar-refractivity contribution in [1.82, 2.24) is 15.2 Å². The molecule has 0 saturated carbocycles. The van der Waals surface area contributed by atoms with Gasteiger partial charge < -0.3 is 9.47 Å². The molecule has 1 aromatic heterocycles. The van der Waals surface area contributed by atoms with E-state index in [0.29, 0.717) is 5.16 Å². The van der Waals surface area contributed by atoms with Crippen molar-refractivity contribution in [2.24, 2.45) is 0 Å². The molecule has 1 N–H and O–H groups in total. The molecule has 1 aromatic rings. The number of aryl methyl sites for hydroxylation is 1. The van der Waals surface area contributed by atoms with Crippen molar-refractivity contribution < 1.29 is 19.1 Å². The Bertz CT molecular complexity index is 493. The zero-order valence-electron chi connectivity index (χ0n) is 14.0. The predicted molar refractivity (Wildman–Crippen MR) is 87.1 cm³/mol. The highest BCUT2D eigenvalue weighted by Gasteiger charge is 2.27. The number of nitrogens with one attached hydrogen (secondary N) is 1. The average molecular weight is 343 g/mol. The number of esters is 2. The Kier molecular flexibility index (Phi) is 9.35. The lowest BCUT2D eigenvalue weighted by Crippen LogP contribution is -2.24. The van der Waals surface area contributed by atoms with Crippen molar-refractivity contribution in [2.45, 2.75) is 63.3 Å². The van der Waals surface area contributed by atoms with Crippen LogP contribution in [0.2, 0.25) is 0 Å². The number of carbonyl (C=O) groups excluding carboxylic acids is 2. The molecule has 0 aromatic carbocycles. The molecule has 8 heteroatoms. The third-order valence-electron chi connectivity index (χ3n) is 2.98. The molecular weight excluding hydrogens is 318 g/mol. The molecule has 0 saturated heterocycles. The van der Waals surface area contributed by atoms with Crippen molar-refractivity contribution in [3.63, 3.8) is 0 Å². The van der Waals surface area contributed by atoms with Crippen LogP contribution in [0.4, 0.5) is 0 Å². The van der Waals surface area contributed by atoms with Gasteiger partial charge in [0.05, 0.1) is 19.6 Å². The van der Waals surface area contributed by atoms with Crippen LogP contribution < -0.4 is 0 Å². The summed E-state index contributed by atoms with van der Waals surface area (Å²) in [5.74, 6) is -0.0978. The first-order valence-corrected chi connectivity index (χ1v) is 8.88. The summed E-state index contributed by atoms with van der Waals surface area (Å²) >= 11 is 1.12. The fourth-order valence-electron chi connectivity index (χ4n) is 1.89. The van der Waals surface area contributed by atoms with Gasteiger partial charge in [-0.3, -0.25) is 14.7 Å². The molecule has 0 aliphatic heterocycles. The molecular formula is C15H25N3O4S. The number of H-pyrrole nitrogens is 1. The van der Waals surface area contributed by atoms with Gasteiger partial charge >= 0.3 is 11.9 Å². The van der Waals surface area contributed by atoms with E-state index in [0.717, 1.165) is 43.3 Å². The first kappa shape index (κ1) is 19.5. The fourth-order valence-corrected chi connectivity index (χ4v) is 2.79. The molecule has 7 nitrogen and oxygen atoms in total. The number of rotatable bonds is 11. The van der Waals surface area contributed by atoms with E-state index in [4.69, 9.17) is 9.47 Å². The van der Waals surface area contributed by atoms with Crippen molar-refractivity contribution in [3.05, 3.63) is 5.82 Å². The highest BCUT2D eigenvalue weighted by Crippen LogP contribution is 2.24. The molecule has 0 spiro atoms. The number of ether oxygens (including phenoxy) is 2. The van der Waals surface area contributed by atoms with E-state index in [1.807, 2.05) is 0 Å². The van der Waals surface area contributed by atoms with Crippen molar-refractivity contribution in [2.75, 3.05) is 13.2 Å². The van der Waals surface area contributed by atoms with Gasteiger partial charge in [-0.15, -0.1) is 5.10 Å². The van der Waals surface area contributed by atoms with E-state index in [9.17, 15) is 9.59 Å². The van der Waals surface area contributed by atoms with Crippen LogP contribution in [0.25, 0.3) is 0 Å². The lowest BCUT2D eigenvalue weighted by molar-refractivity contribution is -0.149. The van der Waals surface area contributed by atoms with Gasteiger partial charge in [-0.05, 0) is 20.3 Å². The van der Waals surface area contributed by atoms with E-state index in [1.165, 1.54) is 0 Å². The number of hydrogen-bond donors (Lipinski definition) is 1. The average Bonchev–Trinajstić information content (AvgIpc) is 2.95. The molecule has 0 aliphatic carbocycles. The molecule has 130 valence electrons. The van der Waals surface area contributed by atoms with Crippen molar-refractivity contribution in [1.29, 1.82) is 0 Å². The van der Waals surface area contributed by atoms with E-state index < -0.39 is 17.2 Å². The predicted octanol–water partition coefficient (Wildman–Crippen LogP) is 2.51. The largest absolute Gasteiger partial charge is 0.466 e. The molecule has 1 unspecified atom stereocenters. The second-order valence-electron chi connectivity index (χ2n) is 4.89. The van der Waals surface area contributed by atoms with Crippen LogP contribution in [0, 0.1) is 0 Å². The van der Waals surface area contributed by atoms with Crippen molar-refractivity contribution in [3.8, 4) is 0 Å². The quantitative estimate of drug-likeness (QED) is 0.375. The minimum absolute atomic E-state index is 0.0585. The molecule has 0 aliphatic rings. The number of carbonyl (C=O) groups is 2.